The summed E-state index contributed by atoms with van der Waals surface area (Å²) in [6, 6.07) is 7.48. The van der Waals surface area contributed by atoms with E-state index in [1.54, 1.807) is 18.1 Å². The zero-order valence-electron chi connectivity index (χ0n) is 12.2. The second kappa shape index (κ2) is 6.43. The molecule has 1 saturated heterocycles. The van der Waals surface area contributed by atoms with E-state index in [4.69, 9.17) is 9.84 Å². The number of hydrogen-bond donors (Lipinski definition) is 1. The Morgan fingerprint density at radius 3 is 2.81 bits per heavy atom. The predicted molar refractivity (Wildman–Crippen MR) is 79.0 cm³/mol. The lowest BCUT2D eigenvalue weighted by Crippen LogP contribution is -2.28. The molecule has 5 heteroatoms. The average Bonchev–Trinajstić information content (AvgIpc) is 2.97. The Kier molecular flexibility index (Phi) is 4.62. The summed E-state index contributed by atoms with van der Waals surface area (Å²) in [6.07, 6.45) is 2.08. The smallest absolute Gasteiger partial charge is 0.308 e. The molecule has 0 aliphatic carbocycles. The molecular formula is C16H19NO4. The molecule has 1 aliphatic heterocycles. The molecule has 2 rings (SSSR count). The molecule has 1 unspecified atom stereocenters. The SMILES string of the molecule is COc1cccc(C(C)=CC(=O)N2CCC(C(=O)O)C2)c1. The molecule has 0 spiro atoms. The number of carboxylic acids is 1. The number of aliphatic carboxylic acids is 1. The van der Waals surface area contributed by atoms with Crippen LogP contribution in [0.1, 0.15) is 18.9 Å². The first-order chi connectivity index (χ1) is 10.0. The van der Waals surface area contributed by atoms with Gasteiger partial charge in [0.2, 0.25) is 5.91 Å². The highest BCUT2D eigenvalue weighted by Crippen LogP contribution is 2.21. The van der Waals surface area contributed by atoms with Crippen molar-refractivity contribution in [3.63, 3.8) is 0 Å². The van der Waals surface area contributed by atoms with Crippen LogP contribution in [0.5, 0.6) is 5.75 Å². The van der Waals surface area contributed by atoms with Crippen molar-refractivity contribution >= 4 is 17.4 Å². The summed E-state index contributed by atoms with van der Waals surface area (Å²) in [5.74, 6) is -0.683. The van der Waals surface area contributed by atoms with Crippen molar-refractivity contribution in [1.29, 1.82) is 0 Å². The molecule has 1 amide bonds. The van der Waals surface area contributed by atoms with E-state index in [1.807, 2.05) is 31.2 Å². The van der Waals surface area contributed by atoms with Crippen molar-refractivity contribution in [2.24, 2.45) is 5.92 Å². The van der Waals surface area contributed by atoms with E-state index in [9.17, 15) is 9.59 Å². The first-order valence-corrected chi connectivity index (χ1v) is 6.85. The van der Waals surface area contributed by atoms with Crippen molar-refractivity contribution in [2.45, 2.75) is 13.3 Å². The zero-order valence-corrected chi connectivity index (χ0v) is 12.2. The summed E-state index contributed by atoms with van der Waals surface area (Å²) in [7, 11) is 1.60. The number of rotatable bonds is 4. The molecule has 0 saturated carbocycles. The van der Waals surface area contributed by atoms with Gasteiger partial charge in [-0.2, -0.15) is 0 Å². The molecule has 0 bridgehead atoms. The lowest BCUT2D eigenvalue weighted by Gasteiger charge is -2.14. The number of carboxylic acid groups (broad SMARTS) is 1. The molecule has 1 aliphatic rings. The van der Waals surface area contributed by atoms with Crippen molar-refractivity contribution < 1.29 is 19.4 Å². The number of carbonyl (C=O) groups excluding carboxylic acids is 1. The third kappa shape index (κ3) is 3.62. The Bertz CT molecular complexity index is 579. The number of hydrogen-bond acceptors (Lipinski definition) is 3. The van der Waals surface area contributed by atoms with E-state index >= 15 is 0 Å². The molecule has 0 radical (unpaired) electrons. The van der Waals surface area contributed by atoms with E-state index < -0.39 is 11.9 Å². The van der Waals surface area contributed by atoms with Crippen LogP contribution in [0.15, 0.2) is 30.3 Å². The van der Waals surface area contributed by atoms with Gasteiger partial charge in [0.25, 0.3) is 0 Å². The van der Waals surface area contributed by atoms with Crippen molar-refractivity contribution in [3.8, 4) is 5.75 Å². The van der Waals surface area contributed by atoms with Crippen LogP contribution in [0.2, 0.25) is 0 Å². The van der Waals surface area contributed by atoms with Crippen LogP contribution >= 0.6 is 0 Å². The molecular weight excluding hydrogens is 270 g/mol. The third-order valence-corrected chi connectivity index (χ3v) is 3.71. The number of ether oxygens (including phenoxy) is 1. The lowest BCUT2D eigenvalue weighted by molar-refractivity contribution is -0.141. The van der Waals surface area contributed by atoms with E-state index in [2.05, 4.69) is 0 Å². The highest BCUT2D eigenvalue weighted by Gasteiger charge is 2.29. The standard InChI is InChI=1S/C16H19NO4/c1-11(12-4-3-5-14(9-12)21-2)8-15(18)17-7-6-13(10-17)16(19)20/h3-5,8-9,13H,6-7,10H2,1-2H3,(H,19,20). The summed E-state index contributed by atoms with van der Waals surface area (Å²) >= 11 is 0. The first-order valence-electron chi connectivity index (χ1n) is 6.85. The second-order valence-corrected chi connectivity index (χ2v) is 5.17. The quantitative estimate of drug-likeness (QED) is 0.861. The van der Waals surface area contributed by atoms with E-state index in [-0.39, 0.29) is 12.5 Å². The number of amides is 1. The van der Waals surface area contributed by atoms with Gasteiger partial charge in [0, 0.05) is 19.2 Å². The molecule has 21 heavy (non-hydrogen) atoms. The van der Waals surface area contributed by atoms with Crippen LogP contribution in [-0.2, 0) is 9.59 Å². The van der Waals surface area contributed by atoms with Gasteiger partial charge in [0.15, 0.2) is 0 Å². The Balaban J connectivity index is 2.08. The minimum atomic E-state index is -0.834. The Morgan fingerprint density at radius 1 is 1.43 bits per heavy atom. The van der Waals surface area contributed by atoms with Crippen LogP contribution in [0.25, 0.3) is 5.57 Å². The summed E-state index contributed by atoms with van der Waals surface area (Å²) in [5.41, 5.74) is 1.74. The Morgan fingerprint density at radius 2 is 2.19 bits per heavy atom. The van der Waals surface area contributed by atoms with Crippen LogP contribution < -0.4 is 4.74 Å². The lowest BCUT2D eigenvalue weighted by atomic mass is 10.1. The number of carbonyl (C=O) groups is 2. The second-order valence-electron chi connectivity index (χ2n) is 5.17. The number of likely N-dealkylation sites (tertiary alicyclic amines) is 1. The van der Waals surface area contributed by atoms with E-state index in [0.717, 1.165) is 16.9 Å². The van der Waals surface area contributed by atoms with Gasteiger partial charge in [-0.15, -0.1) is 0 Å². The molecule has 1 heterocycles. The Hall–Kier alpha value is -2.30. The molecule has 1 fully saturated rings. The molecule has 1 N–H and O–H groups in total. The van der Waals surface area contributed by atoms with Crippen LogP contribution in [0.4, 0.5) is 0 Å². The fourth-order valence-corrected chi connectivity index (χ4v) is 2.39. The fourth-order valence-electron chi connectivity index (χ4n) is 2.39. The number of nitrogens with zero attached hydrogens (tertiary/aromatic N) is 1. The molecule has 1 aromatic rings. The fraction of sp³-hybridized carbons (Fsp3) is 0.375. The van der Waals surface area contributed by atoms with Gasteiger partial charge >= 0.3 is 5.97 Å². The summed E-state index contributed by atoms with van der Waals surface area (Å²) in [6.45, 7) is 2.64. The Labute approximate surface area is 123 Å². The minimum absolute atomic E-state index is 0.140. The minimum Gasteiger partial charge on any atom is -0.497 e. The predicted octanol–water partition coefficient (Wildman–Crippen LogP) is 2.03. The van der Waals surface area contributed by atoms with E-state index in [1.165, 1.54) is 0 Å². The molecule has 1 atom stereocenters. The van der Waals surface area contributed by atoms with Gasteiger partial charge < -0.3 is 14.7 Å². The third-order valence-electron chi connectivity index (χ3n) is 3.71. The van der Waals surface area contributed by atoms with Crippen LogP contribution in [0.3, 0.4) is 0 Å². The van der Waals surface area contributed by atoms with Gasteiger partial charge in [-0.1, -0.05) is 12.1 Å². The van der Waals surface area contributed by atoms with E-state index in [0.29, 0.717) is 13.0 Å². The maximum absolute atomic E-state index is 12.2. The number of benzene rings is 1. The topological polar surface area (TPSA) is 66.8 Å². The molecule has 0 aromatic heterocycles. The summed E-state index contributed by atoms with van der Waals surface area (Å²) in [5, 5.41) is 8.96. The van der Waals surface area contributed by atoms with Crippen molar-refractivity contribution in [3.05, 3.63) is 35.9 Å². The molecule has 1 aromatic carbocycles. The maximum atomic E-state index is 12.2. The molecule has 5 nitrogen and oxygen atoms in total. The van der Waals surface area contributed by atoms with Gasteiger partial charge in [0.1, 0.15) is 5.75 Å². The van der Waals surface area contributed by atoms with Crippen molar-refractivity contribution in [2.75, 3.05) is 20.2 Å². The highest BCUT2D eigenvalue weighted by atomic mass is 16.5. The number of methoxy groups -OCH3 is 1. The van der Waals surface area contributed by atoms with Gasteiger partial charge in [-0.05, 0) is 36.6 Å². The van der Waals surface area contributed by atoms with Crippen LogP contribution in [-0.4, -0.2) is 42.1 Å². The largest absolute Gasteiger partial charge is 0.497 e. The first kappa shape index (κ1) is 15.1. The monoisotopic (exact) mass is 289 g/mol. The highest BCUT2D eigenvalue weighted by molar-refractivity contribution is 5.95. The van der Waals surface area contributed by atoms with Crippen LogP contribution in [0, 0.1) is 5.92 Å². The van der Waals surface area contributed by atoms with Crippen molar-refractivity contribution in [1.82, 2.24) is 4.90 Å². The normalized spacial score (nSPS) is 18.7. The average molecular weight is 289 g/mol. The number of allylic oxidation sites excluding steroid dienone is 1. The van der Waals surface area contributed by atoms with Gasteiger partial charge in [-0.3, -0.25) is 9.59 Å². The van der Waals surface area contributed by atoms with Gasteiger partial charge in [0.05, 0.1) is 13.0 Å². The maximum Gasteiger partial charge on any atom is 0.308 e. The summed E-state index contributed by atoms with van der Waals surface area (Å²) in [4.78, 5) is 24.7. The van der Waals surface area contributed by atoms with Gasteiger partial charge in [-0.25, -0.2) is 0 Å². The molecule has 112 valence electrons. The summed E-state index contributed by atoms with van der Waals surface area (Å²) < 4.78 is 5.16. The zero-order chi connectivity index (χ0) is 15.4.